The van der Waals surface area contributed by atoms with Crippen molar-refractivity contribution >= 4 is 22.9 Å². The van der Waals surface area contributed by atoms with Gasteiger partial charge in [-0.2, -0.15) is 21.7 Å². The molecule has 1 aromatic carbocycles. The van der Waals surface area contributed by atoms with E-state index in [0.717, 1.165) is 22.5 Å². The lowest BCUT2D eigenvalue weighted by molar-refractivity contribution is 0.367. The molecule has 2 N–H and O–H groups in total. The molecule has 2 aromatic heterocycles. The van der Waals surface area contributed by atoms with E-state index >= 15 is 0 Å². The van der Waals surface area contributed by atoms with Gasteiger partial charge in [0.25, 0.3) is 0 Å². The summed E-state index contributed by atoms with van der Waals surface area (Å²) < 4.78 is 7.48. The number of thiophene rings is 1. The summed E-state index contributed by atoms with van der Waals surface area (Å²) in [5.74, 6) is 0.342. The van der Waals surface area contributed by atoms with Crippen LogP contribution in [-0.4, -0.2) is 9.78 Å². The van der Waals surface area contributed by atoms with Crippen LogP contribution in [0.4, 0.5) is 0 Å². The van der Waals surface area contributed by atoms with Crippen molar-refractivity contribution in [1.82, 2.24) is 9.78 Å². The van der Waals surface area contributed by atoms with E-state index in [0.29, 0.717) is 16.5 Å². The first-order valence-electron chi connectivity index (χ1n) is 7.55. The van der Waals surface area contributed by atoms with Gasteiger partial charge in [0.2, 0.25) is 11.8 Å². The Kier molecular flexibility index (Phi) is 3.75. The van der Waals surface area contributed by atoms with E-state index in [9.17, 15) is 5.26 Å². The molecule has 0 spiro atoms. The fourth-order valence-corrected chi connectivity index (χ4v) is 3.94. The number of benzene rings is 1. The lowest BCUT2D eigenvalue weighted by Gasteiger charge is -2.24. The van der Waals surface area contributed by atoms with E-state index in [4.69, 9.17) is 22.1 Å². The van der Waals surface area contributed by atoms with Crippen molar-refractivity contribution in [3.05, 3.63) is 74.4 Å². The van der Waals surface area contributed by atoms with Crippen molar-refractivity contribution in [3.63, 3.8) is 0 Å². The number of nitriles is 1. The third-order valence-corrected chi connectivity index (χ3v) is 5.10. The van der Waals surface area contributed by atoms with Crippen LogP contribution in [-0.2, 0) is 0 Å². The van der Waals surface area contributed by atoms with Crippen LogP contribution in [0.15, 0.2) is 52.5 Å². The lowest BCUT2D eigenvalue weighted by Crippen LogP contribution is -2.21. The minimum atomic E-state index is -0.284. The topological polar surface area (TPSA) is 76.9 Å². The van der Waals surface area contributed by atoms with Crippen LogP contribution >= 0.6 is 22.9 Å². The molecule has 4 rings (SSSR count). The molecule has 5 nitrogen and oxygen atoms in total. The Morgan fingerprint density at radius 1 is 1.40 bits per heavy atom. The van der Waals surface area contributed by atoms with E-state index < -0.39 is 0 Å². The molecule has 1 aliphatic rings. The smallest absolute Gasteiger partial charge is 0.229 e. The standard InChI is InChI=1S/C18H13ClN4OS/c1-10-15-16(11-5-6-25-9-11)14(8-20)17(21)24-18(15)23(22-10)13-4-2-3-12(19)7-13/h2-7,9,16H,21H2,1H3/t16-/m1/s1. The van der Waals surface area contributed by atoms with E-state index in [2.05, 4.69) is 11.2 Å². The Morgan fingerprint density at radius 3 is 2.92 bits per heavy atom. The highest BCUT2D eigenvalue weighted by molar-refractivity contribution is 7.08. The average molecular weight is 369 g/mol. The number of nitrogens with two attached hydrogens (primary N) is 1. The van der Waals surface area contributed by atoms with Crippen LogP contribution in [0.25, 0.3) is 5.69 Å². The summed E-state index contributed by atoms with van der Waals surface area (Å²) in [5.41, 5.74) is 9.87. The van der Waals surface area contributed by atoms with Gasteiger partial charge in [-0.15, -0.1) is 0 Å². The predicted molar refractivity (Wildman–Crippen MR) is 96.9 cm³/mol. The molecule has 0 saturated heterocycles. The number of nitrogens with zero attached hydrogens (tertiary/aromatic N) is 3. The van der Waals surface area contributed by atoms with Crippen molar-refractivity contribution in [1.29, 1.82) is 5.26 Å². The van der Waals surface area contributed by atoms with Crippen molar-refractivity contribution in [2.75, 3.05) is 0 Å². The Hall–Kier alpha value is -2.75. The third-order valence-electron chi connectivity index (χ3n) is 4.16. The summed E-state index contributed by atoms with van der Waals surface area (Å²) in [5, 5.41) is 18.8. The highest BCUT2D eigenvalue weighted by atomic mass is 35.5. The zero-order chi connectivity index (χ0) is 17.6. The average Bonchev–Trinajstić information content (AvgIpc) is 3.22. The van der Waals surface area contributed by atoms with E-state index in [1.807, 2.05) is 35.9 Å². The molecule has 7 heteroatoms. The van der Waals surface area contributed by atoms with E-state index in [1.165, 1.54) is 0 Å². The van der Waals surface area contributed by atoms with Crippen molar-refractivity contribution in [2.45, 2.75) is 12.8 Å². The molecular weight excluding hydrogens is 356 g/mol. The number of rotatable bonds is 2. The van der Waals surface area contributed by atoms with Gasteiger partial charge in [0.1, 0.15) is 11.6 Å². The van der Waals surface area contributed by atoms with Gasteiger partial charge in [0.05, 0.1) is 22.9 Å². The zero-order valence-corrected chi connectivity index (χ0v) is 14.8. The van der Waals surface area contributed by atoms with Crippen molar-refractivity contribution in [3.8, 4) is 17.6 Å². The van der Waals surface area contributed by atoms with Gasteiger partial charge in [0, 0.05) is 5.02 Å². The Labute approximate surface area is 153 Å². The van der Waals surface area contributed by atoms with Gasteiger partial charge in [-0.1, -0.05) is 17.7 Å². The number of hydrogen-bond donors (Lipinski definition) is 1. The summed E-state index contributed by atoms with van der Waals surface area (Å²) in [7, 11) is 0. The normalized spacial score (nSPS) is 16.3. The molecular formula is C18H13ClN4OS. The van der Waals surface area contributed by atoms with E-state index in [1.54, 1.807) is 28.2 Å². The van der Waals surface area contributed by atoms with Gasteiger partial charge < -0.3 is 10.5 Å². The van der Waals surface area contributed by atoms with Crippen LogP contribution in [0.3, 0.4) is 0 Å². The quantitative estimate of drug-likeness (QED) is 0.738. The molecule has 0 amide bonds. The fraction of sp³-hybridized carbons (Fsp3) is 0.111. The molecule has 124 valence electrons. The number of ether oxygens (including phenoxy) is 1. The Balaban J connectivity index is 1.96. The van der Waals surface area contributed by atoms with Crippen LogP contribution in [0.5, 0.6) is 5.88 Å². The van der Waals surface area contributed by atoms with Crippen molar-refractivity contribution < 1.29 is 4.74 Å². The first-order chi connectivity index (χ1) is 12.1. The minimum absolute atomic E-state index is 0.106. The Morgan fingerprint density at radius 2 is 2.24 bits per heavy atom. The first-order valence-corrected chi connectivity index (χ1v) is 8.87. The molecule has 0 radical (unpaired) electrons. The predicted octanol–water partition coefficient (Wildman–Crippen LogP) is 4.11. The number of allylic oxidation sites excluding steroid dienone is 1. The maximum atomic E-state index is 9.60. The van der Waals surface area contributed by atoms with Crippen molar-refractivity contribution in [2.24, 2.45) is 5.73 Å². The molecule has 25 heavy (non-hydrogen) atoms. The third kappa shape index (κ3) is 2.49. The zero-order valence-electron chi connectivity index (χ0n) is 13.2. The number of hydrogen-bond acceptors (Lipinski definition) is 5. The largest absolute Gasteiger partial charge is 0.422 e. The van der Waals surface area contributed by atoms with Crippen LogP contribution < -0.4 is 10.5 Å². The number of fused-ring (bicyclic) bond motifs is 1. The maximum absolute atomic E-state index is 9.60. The van der Waals surface area contributed by atoms with Gasteiger partial charge in [-0.05, 0) is 47.5 Å². The lowest BCUT2D eigenvalue weighted by atomic mass is 9.85. The molecule has 0 aliphatic carbocycles. The number of aromatic nitrogens is 2. The van der Waals surface area contributed by atoms with Crippen LogP contribution in [0.1, 0.15) is 22.7 Å². The van der Waals surface area contributed by atoms with E-state index in [-0.39, 0.29) is 11.8 Å². The summed E-state index contributed by atoms with van der Waals surface area (Å²) in [6.45, 7) is 1.90. The summed E-state index contributed by atoms with van der Waals surface area (Å²) in [6.07, 6.45) is 0. The van der Waals surface area contributed by atoms with Gasteiger partial charge >= 0.3 is 0 Å². The molecule has 0 fully saturated rings. The molecule has 3 heterocycles. The number of halogens is 1. The summed E-state index contributed by atoms with van der Waals surface area (Å²) in [6, 6.07) is 11.5. The highest BCUT2D eigenvalue weighted by Gasteiger charge is 2.36. The summed E-state index contributed by atoms with van der Waals surface area (Å²) >= 11 is 7.69. The van der Waals surface area contributed by atoms with Crippen LogP contribution in [0, 0.1) is 18.3 Å². The molecule has 1 atom stereocenters. The molecule has 0 bridgehead atoms. The number of aryl methyl sites for hydroxylation is 1. The molecule has 3 aromatic rings. The second-order valence-electron chi connectivity index (χ2n) is 5.68. The SMILES string of the molecule is Cc1nn(-c2cccc(Cl)c2)c2c1[C@H](c1ccsc1)C(C#N)=C(N)O2. The Bertz CT molecular complexity index is 1030. The highest BCUT2D eigenvalue weighted by Crippen LogP contribution is 2.45. The fourth-order valence-electron chi connectivity index (χ4n) is 3.07. The van der Waals surface area contributed by atoms with Crippen LogP contribution in [0.2, 0.25) is 5.02 Å². The van der Waals surface area contributed by atoms with Gasteiger partial charge in [0.15, 0.2) is 0 Å². The second kappa shape index (κ2) is 5.96. The molecule has 1 aliphatic heterocycles. The minimum Gasteiger partial charge on any atom is -0.422 e. The monoisotopic (exact) mass is 368 g/mol. The van der Waals surface area contributed by atoms with Gasteiger partial charge in [-0.3, -0.25) is 0 Å². The molecule has 0 unspecified atom stereocenters. The summed E-state index contributed by atoms with van der Waals surface area (Å²) in [4.78, 5) is 0. The second-order valence-corrected chi connectivity index (χ2v) is 6.89. The molecule has 0 saturated carbocycles. The first kappa shape index (κ1) is 15.8. The maximum Gasteiger partial charge on any atom is 0.229 e. The van der Waals surface area contributed by atoms with Gasteiger partial charge in [-0.25, -0.2) is 4.68 Å².